The Hall–Kier alpha value is -1.92. The quantitative estimate of drug-likeness (QED) is 0.0487. The Morgan fingerprint density at radius 2 is 0.881 bits per heavy atom. The zero-order chi connectivity index (χ0) is 42.1. The summed E-state index contributed by atoms with van der Waals surface area (Å²) in [6.07, 6.45) is 3.62. The number of unbranched alkanes of at least 4 members (excludes halogenated alkanes) is 1. The van der Waals surface area contributed by atoms with Crippen molar-refractivity contribution in [1.29, 1.82) is 0 Å². The fraction of sp³-hybridized carbons (Fsp3) is 0.923. The van der Waals surface area contributed by atoms with Gasteiger partial charge in [-0.3, -0.25) is 9.59 Å². The van der Waals surface area contributed by atoms with E-state index >= 15 is 0 Å². The number of carbonyl (C=O) groups is 3. The van der Waals surface area contributed by atoms with Crippen molar-refractivity contribution in [3.05, 3.63) is 0 Å². The third-order valence-corrected chi connectivity index (χ3v) is 10.1. The number of rotatable bonds is 45. The normalized spacial score (nSPS) is 17.2. The molecule has 2 heterocycles. The van der Waals surface area contributed by atoms with Gasteiger partial charge in [-0.1, -0.05) is 6.42 Å². The molecular formula is C39H74N4O15S. The summed E-state index contributed by atoms with van der Waals surface area (Å²) in [6, 6.07) is 0.397. The van der Waals surface area contributed by atoms with E-state index < -0.39 is 0 Å². The molecule has 2 aliphatic rings. The Morgan fingerprint density at radius 1 is 0.508 bits per heavy atom. The molecule has 346 valence electrons. The van der Waals surface area contributed by atoms with Crippen molar-refractivity contribution < 1.29 is 71.2 Å². The zero-order valence-electron chi connectivity index (χ0n) is 35.4. The summed E-state index contributed by atoms with van der Waals surface area (Å²) in [7, 11) is 0. The van der Waals surface area contributed by atoms with E-state index in [0.29, 0.717) is 190 Å². The van der Waals surface area contributed by atoms with Gasteiger partial charge in [0.1, 0.15) is 0 Å². The van der Waals surface area contributed by atoms with Crippen LogP contribution in [0.4, 0.5) is 4.79 Å². The first-order chi connectivity index (χ1) is 29.1. The van der Waals surface area contributed by atoms with Crippen LogP contribution in [-0.2, 0) is 66.4 Å². The molecular weight excluding hydrogens is 797 g/mol. The number of hydrogen-bond acceptors (Lipinski definition) is 16. The monoisotopic (exact) mass is 870 g/mol. The highest BCUT2D eigenvalue weighted by molar-refractivity contribution is 8.00. The lowest BCUT2D eigenvalue weighted by Crippen LogP contribution is -2.36. The maximum Gasteiger partial charge on any atom is 0.315 e. The van der Waals surface area contributed by atoms with Crippen LogP contribution in [0, 0.1) is 0 Å². The van der Waals surface area contributed by atoms with Crippen molar-refractivity contribution in [1.82, 2.24) is 21.3 Å². The zero-order valence-corrected chi connectivity index (χ0v) is 36.2. The average Bonchev–Trinajstić information content (AvgIpc) is 3.79. The molecule has 0 aromatic rings. The molecule has 2 saturated heterocycles. The summed E-state index contributed by atoms with van der Waals surface area (Å²) in [5.74, 6) is 0.927. The van der Waals surface area contributed by atoms with Crippen LogP contribution in [-0.4, -0.2) is 213 Å². The molecule has 0 aromatic carbocycles. The summed E-state index contributed by atoms with van der Waals surface area (Å²) in [4.78, 5) is 35.3. The van der Waals surface area contributed by atoms with Gasteiger partial charge in [0.25, 0.3) is 0 Å². The maximum atomic E-state index is 12.1. The molecule has 4 N–H and O–H groups in total. The van der Waals surface area contributed by atoms with E-state index in [2.05, 4.69) is 21.3 Å². The van der Waals surface area contributed by atoms with Gasteiger partial charge in [-0.05, 0) is 19.8 Å². The first-order valence-corrected chi connectivity index (χ1v) is 22.3. The van der Waals surface area contributed by atoms with Gasteiger partial charge in [0, 0.05) is 43.5 Å². The highest BCUT2D eigenvalue weighted by Crippen LogP contribution is 2.33. The van der Waals surface area contributed by atoms with Gasteiger partial charge in [0.15, 0.2) is 0 Å². The summed E-state index contributed by atoms with van der Waals surface area (Å²) in [6.45, 7) is 14.3. The second-order valence-electron chi connectivity index (χ2n) is 13.3. The number of carbonyl (C=O) groups excluding carboxylic acids is 3. The second-order valence-corrected chi connectivity index (χ2v) is 14.5. The Morgan fingerprint density at radius 3 is 1.31 bits per heavy atom. The summed E-state index contributed by atoms with van der Waals surface area (Å²) in [5.41, 5.74) is 0. The van der Waals surface area contributed by atoms with Crippen molar-refractivity contribution in [2.75, 3.05) is 177 Å². The van der Waals surface area contributed by atoms with E-state index in [-0.39, 0.29) is 29.9 Å². The molecule has 2 fully saturated rings. The van der Waals surface area contributed by atoms with Crippen molar-refractivity contribution in [2.45, 2.75) is 56.4 Å². The van der Waals surface area contributed by atoms with Crippen LogP contribution < -0.4 is 21.3 Å². The van der Waals surface area contributed by atoms with Crippen LogP contribution in [0.1, 0.15) is 39.0 Å². The van der Waals surface area contributed by atoms with Crippen LogP contribution in [0.25, 0.3) is 0 Å². The minimum absolute atomic E-state index is 0.0395. The molecule has 4 amide bonds. The summed E-state index contributed by atoms with van der Waals surface area (Å²) < 4.78 is 65.4. The largest absolute Gasteiger partial charge is 0.379 e. The van der Waals surface area contributed by atoms with E-state index in [1.807, 2.05) is 18.7 Å². The van der Waals surface area contributed by atoms with Crippen LogP contribution in [0.15, 0.2) is 0 Å². The molecule has 19 nitrogen and oxygen atoms in total. The van der Waals surface area contributed by atoms with Gasteiger partial charge in [0.05, 0.1) is 164 Å². The van der Waals surface area contributed by atoms with E-state index in [1.165, 1.54) is 0 Å². The van der Waals surface area contributed by atoms with E-state index in [4.69, 9.17) is 56.8 Å². The minimum atomic E-state index is -0.0692. The molecule has 0 spiro atoms. The maximum absolute atomic E-state index is 12.1. The fourth-order valence-corrected chi connectivity index (χ4v) is 7.13. The molecule has 0 bridgehead atoms. The number of nitrogens with one attached hydrogen (secondary N) is 4. The van der Waals surface area contributed by atoms with Crippen LogP contribution in [0.5, 0.6) is 0 Å². The molecule has 0 aliphatic carbocycles. The molecule has 0 saturated carbocycles. The number of amides is 4. The molecule has 2 aliphatic heterocycles. The van der Waals surface area contributed by atoms with E-state index in [0.717, 1.165) is 25.0 Å². The van der Waals surface area contributed by atoms with Gasteiger partial charge in [-0.25, -0.2) is 4.79 Å². The molecule has 0 radical (unpaired) electrons. The molecule has 2 rings (SSSR count). The van der Waals surface area contributed by atoms with Gasteiger partial charge < -0.3 is 78.1 Å². The topological polar surface area (TPSA) is 210 Å². The molecule has 0 unspecified atom stereocenters. The van der Waals surface area contributed by atoms with Crippen molar-refractivity contribution in [3.63, 3.8) is 0 Å². The van der Waals surface area contributed by atoms with E-state index in [1.54, 1.807) is 0 Å². The fourth-order valence-electron chi connectivity index (χ4n) is 5.59. The smallest absolute Gasteiger partial charge is 0.315 e. The standard InChI is InChI=1S/C39H74N4O15S/c1-2-47-13-14-49-12-9-41-37(45)7-10-48-15-17-51-19-21-53-23-25-55-27-29-57-31-32-58-30-28-56-26-24-54-22-20-52-18-16-50-11-8-40-36(44)6-4-3-5-35-38-34(33-59-35)42-39(46)43-38/h34-35,38H,2-33H2,1H3,(H,40,44)(H,41,45)(H2,42,43,46)/t34-,35-,38-/m0/s1. The average molecular weight is 871 g/mol. The second kappa shape index (κ2) is 40.2. The lowest BCUT2D eigenvalue weighted by Gasteiger charge is -2.16. The molecule has 3 atom stereocenters. The van der Waals surface area contributed by atoms with Crippen molar-refractivity contribution in [2.24, 2.45) is 0 Å². The van der Waals surface area contributed by atoms with Crippen molar-refractivity contribution in [3.8, 4) is 0 Å². The third kappa shape index (κ3) is 32.5. The number of hydrogen-bond donors (Lipinski definition) is 4. The Kier molecular flexibility index (Phi) is 36.2. The number of ether oxygens (including phenoxy) is 12. The SMILES string of the molecule is CCOCCOCCNC(=O)CCOCCOCCOCCOCCOCCOCCOCCOCCOCCOCCNC(=O)CCCC[C@@H]1SC[C@@H]2NC(=O)N[C@@H]21. The Labute approximate surface area is 355 Å². The van der Waals surface area contributed by atoms with Crippen LogP contribution in [0.2, 0.25) is 0 Å². The van der Waals surface area contributed by atoms with Gasteiger partial charge in [-0.2, -0.15) is 11.8 Å². The minimum Gasteiger partial charge on any atom is -0.379 e. The van der Waals surface area contributed by atoms with Gasteiger partial charge in [0.2, 0.25) is 11.8 Å². The lowest BCUT2D eigenvalue weighted by atomic mass is 10.0. The van der Waals surface area contributed by atoms with E-state index in [9.17, 15) is 14.4 Å². The lowest BCUT2D eigenvalue weighted by molar-refractivity contribution is -0.123. The third-order valence-electron chi connectivity index (χ3n) is 8.62. The Bertz CT molecular complexity index is 1010. The van der Waals surface area contributed by atoms with Crippen molar-refractivity contribution >= 4 is 29.6 Å². The Balaban J connectivity index is 1.14. The predicted molar refractivity (Wildman–Crippen MR) is 220 cm³/mol. The number of thioether (sulfide) groups is 1. The molecule has 0 aromatic heterocycles. The first-order valence-electron chi connectivity index (χ1n) is 21.2. The van der Waals surface area contributed by atoms with Crippen LogP contribution in [0.3, 0.4) is 0 Å². The first kappa shape index (κ1) is 53.2. The van der Waals surface area contributed by atoms with Gasteiger partial charge >= 0.3 is 6.03 Å². The van der Waals surface area contributed by atoms with Gasteiger partial charge in [-0.15, -0.1) is 0 Å². The highest BCUT2D eigenvalue weighted by Gasteiger charge is 2.42. The predicted octanol–water partition coefficient (Wildman–Crippen LogP) is 0.554. The molecule has 59 heavy (non-hydrogen) atoms. The highest BCUT2D eigenvalue weighted by atomic mass is 32.2. The van der Waals surface area contributed by atoms with Crippen LogP contribution >= 0.6 is 11.8 Å². The number of fused-ring (bicyclic) bond motifs is 1. The summed E-state index contributed by atoms with van der Waals surface area (Å²) in [5, 5.41) is 12.1. The summed E-state index contributed by atoms with van der Waals surface area (Å²) >= 11 is 1.90. The molecule has 20 heteroatoms. The number of urea groups is 1.